The summed E-state index contributed by atoms with van der Waals surface area (Å²) in [4.78, 5) is 32.1. The van der Waals surface area contributed by atoms with Gasteiger partial charge in [0.05, 0.1) is 16.1 Å². The first-order chi connectivity index (χ1) is 12.8. The van der Waals surface area contributed by atoms with Crippen LogP contribution in [0.4, 0.5) is 11.4 Å². The highest BCUT2D eigenvalue weighted by molar-refractivity contribution is 5.84. The van der Waals surface area contributed by atoms with Gasteiger partial charge in [-0.25, -0.2) is 5.43 Å². The number of carbonyl (C=O) groups is 1. The van der Waals surface area contributed by atoms with Gasteiger partial charge in [0.25, 0.3) is 5.91 Å². The second kappa shape index (κ2) is 8.38. The van der Waals surface area contributed by atoms with Crippen LogP contribution in [0.3, 0.4) is 0 Å². The predicted molar refractivity (Wildman–Crippen MR) is 93.8 cm³/mol. The number of nitro groups is 2. The van der Waals surface area contributed by atoms with Crippen molar-refractivity contribution in [2.24, 2.45) is 5.10 Å². The number of nitro benzene ring substituents is 2. The van der Waals surface area contributed by atoms with Crippen LogP contribution in [0.1, 0.15) is 11.1 Å². The fourth-order valence-corrected chi connectivity index (χ4v) is 2.01. The normalized spacial score (nSPS) is 10.6. The van der Waals surface area contributed by atoms with Crippen LogP contribution in [0.2, 0.25) is 0 Å². The SMILES string of the molecule is Cc1ccc(OCC(=O)N/N=C/c2ccc(O)c([N+](=O)[O-])c2)c([N+](=O)[O-])c1. The number of hydrazone groups is 1. The molecule has 0 aliphatic heterocycles. The van der Waals surface area contributed by atoms with Crippen molar-refractivity contribution in [3.63, 3.8) is 0 Å². The molecule has 27 heavy (non-hydrogen) atoms. The van der Waals surface area contributed by atoms with E-state index >= 15 is 0 Å². The van der Waals surface area contributed by atoms with Crippen LogP contribution >= 0.6 is 0 Å². The highest BCUT2D eigenvalue weighted by Gasteiger charge is 2.16. The zero-order valence-corrected chi connectivity index (χ0v) is 14.0. The average Bonchev–Trinajstić information content (AvgIpc) is 2.61. The van der Waals surface area contributed by atoms with E-state index in [0.717, 1.165) is 18.3 Å². The molecular weight excluding hydrogens is 360 g/mol. The number of nitrogens with zero attached hydrogens (tertiary/aromatic N) is 3. The van der Waals surface area contributed by atoms with E-state index in [1.165, 1.54) is 18.2 Å². The lowest BCUT2D eigenvalue weighted by Crippen LogP contribution is -2.24. The summed E-state index contributed by atoms with van der Waals surface area (Å²) in [6.07, 6.45) is 1.14. The molecule has 140 valence electrons. The van der Waals surface area contributed by atoms with Crippen molar-refractivity contribution in [1.82, 2.24) is 5.43 Å². The van der Waals surface area contributed by atoms with Crippen LogP contribution in [-0.4, -0.2) is 33.7 Å². The molecule has 0 radical (unpaired) electrons. The Morgan fingerprint density at radius 2 is 1.89 bits per heavy atom. The van der Waals surface area contributed by atoms with Crippen molar-refractivity contribution >= 4 is 23.5 Å². The quantitative estimate of drug-likeness (QED) is 0.426. The number of rotatable bonds is 7. The second-order valence-corrected chi connectivity index (χ2v) is 5.32. The molecule has 0 fully saturated rings. The summed E-state index contributed by atoms with van der Waals surface area (Å²) < 4.78 is 5.13. The molecule has 1 amide bonds. The number of benzene rings is 2. The molecule has 0 atom stereocenters. The Hall–Kier alpha value is -4.02. The zero-order valence-electron chi connectivity index (χ0n) is 14.0. The Balaban J connectivity index is 1.96. The van der Waals surface area contributed by atoms with Crippen molar-refractivity contribution in [2.75, 3.05) is 6.61 Å². The number of phenolic OH excluding ortho intramolecular Hbond substituents is 1. The summed E-state index contributed by atoms with van der Waals surface area (Å²) in [5.41, 5.74) is 2.31. The molecule has 0 aliphatic carbocycles. The summed E-state index contributed by atoms with van der Waals surface area (Å²) in [6.45, 7) is 1.17. The van der Waals surface area contributed by atoms with Gasteiger partial charge in [-0.3, -0.25) is 25.0 Å². The van der Waals surface area contributed by atoms with Gasteiger partial charge in [0.15, 0.2) is 18.1 Å². The van der Waals surface area contributed by atoms with E-state index in [-0.39, 0.29) is 17.0 Å². The first-order valence-electron chi connectivity index (χ1n) is 7.45. The van der Waals surface area contributed by atoms with Gasteiger partial charge in [0.2, 0.25) is 0 Å². The van der Waals surface area contributed by atoms with Gasteiger partial charge < -0.3 is 9.84 Å². The van der Waals surface area contributed by atoms with E-state index < -0.39 is 33.8 Å². The van der Waals surface area contributed by atoms with Gasteiger partial charge in [-0.2, -0.15) is 5.10 Å². The summed E-state index contributed by atoms with van der Waals surface area (Å²) in [7, 11) is 0. The Kier molecular flexibility index (Phi) is 5.99. The number of aryl methyl sites for hydroxylation is 1. The molecular formula is C16H14N4O7. The molecule has 0 unspecified atom stereocenters. The standard InChI is InChI=1S/C16H14N4O7/c1-10-2-5-15(13(6-10)20(25)26)27-9-16(22)18-17-8-11-3-4-14(21)12(7-11)19(23)24/h2-8,21H,9H2,1H3,(H,18,22)/b17-8+. The largest absolute Gasteiger partial charge is 0.502 e. The number of aromatic hydroxyl groups is 1. The molecule has 0 bridgehead atoms. The van der Waals surface area contributed by atoms with Gasteiger partial charge in [0.1, 0.15) is 0 Å². The molecule has 2 aromatic rings. The Labute approximate surface area is 152 Å². The second-order valence-electron chi connectivity index (χ2n) is 5.32. The summed E-state index contributed by atoms with van der Waals surface area (Å²) in [5, 5.41) is 34.7. The van der Waals surface area contributed by atoms with E-state index in [0.29, 0.717) is 5.56 Å². The smallest absolute Gasteiger partial charge is 0.311 e. The van der Waals surface area contributed by atoms with Crippen LogP contribution in [0.5, 0.6) is 11.5 Å². The zero-order chi connectivity index (χ0) is 20.0. The maximum absolute atomic E-state index is 11.7. The van der Waals surface area contributed by atoms with E-state index in [1.54, 1.807) is 13.0 Å². The summed E-state index contributed by atoms with van der Waals surface area (Å²) in [6, 6.07) is 7.89. The molecule has 0 aliphatic rings. The molecule has 0 aromatic heterocycles. The lowest BCUT2D eigenvalue weighted by Gasteiger charge is -2.06. The minimum absolute atomic E-state index is 0.0566. The molecule has 2 rings (SSSR count). The van der Waals surface area contributed by atoms with Gasteiger partial charge in [-0.15, -0.1) is 0 Å². The molecule has 0 spiro atoms. The van der Waals surface area contributed by atoms with Crippen LogP contribution in [0, 0.1) is 27.2 Å². The predicted octanol–water partition coefficient (Wildman–Crippen LogP) is 2.05. The Morgan fingerprint density at radius 3 is 2.56 bits per heavy atom. The van der Waals surface area contributed by atoms with Gasteiger partial charge in [-0.1, -0.05) is 6.07 Å². The average molecular weight is 374 g/mol. The van der Waals surface area contributed by atoms with Crippen molar-refractivity contribution in [3.05, 3.63) is 67.8 Å². The number of ether oxygens (including phenoxy) is 1. The van der Waals surface area contributed by atoms with Gasteiger partial charge in [0, 0.05) is 17.7 Å². The minimum atomic E-state index is -0.756. The number of nitrogens with one attached hydrogen (secondary N) is 1. The third-order valence-corrected chi connectivity index (χ3v) is 3.27. The Bertz CT molecular complexity index is 927. The monoisotopic (exact) mass is 374 g/mol. The molecule has 0 saturated carbocycles. The topological polar surface area (TPSA) is 157 Å². The minimum Gasteiger partial charge on any atom is -0.502 e. The maximum atomic E-state index is 11.7. The molecule has 11 nitrogen and oxygen atoms in total. The molecule has 0 saturated heterocycles. The third kappa shape index (κ3) is 5.22. The molecule has 0 heterocycles. The summed E-state index contributed by atoms with van der Waals surface area (Å²) in [5.74, 6) is -1.23. The number of hydrogen-bond donors (Lipinski definition) is 2. The van der Waals surface area contributed by atoms with Crippen LogP contribution < -0.4 is 10.2 Å². The van der Waals surface area contributed by atoms with Crippen molar-refractivity contribution in [1.29, 1.82) is 0 Å². The van der Waals surface area contributed by atoms with Crippen LogP contribution in [0.25, 0.3) is 0 Å². The van der Waals surface area contributed by atoms with E-state index in [1.807, 2.05) is 0 Å². The highest BCUT2D eigenvalue weighted by atomic mass is 16.6. The highest BCUT2D eigenvalue weighted by Crippen LogP contribution is 2.27. The molecule has 11 heteroatoms. The first kappa shape index (κ1) is 19.3. The lowest BCUT2D eigenvalue weighted by atomic mass is 10.2. The van der Waals surface area contributed by atoms with E-state index in [4.69, 9.17) is 4.74 Å². The number of amides is 1. The fourth-order valence-electron chi connectivity index (χ4n) is 2.01. The number of hydrogen-bond acceptors (Lipinski definition) is 8. The Morgan fingerprint density at radius 1 is 1.19 bits per heavy atom. The van der Waals surface area contributed by atoms with Gasteiger partial charge >= 0.3 is 11.4 Å². The van der Waals surface area contributed by atoms with E-state index in [2.05, 4.69) is 10.5 Å². The van der Waals surface area contributed by atoms with E-state index in [9.17, 15) is 30.1 Å². The fraction of sp³-hybridized carbons (Fsp3) is 0.125. The van der Waals surface area contributed by atoms with Crippen LogP contribution in [-0.2, 0) is 4.79 Å². The maximum Gasteiger partial charge on any atom is 0.311 e. The number of carbonyl (C=O) groups excluding carboxylic acids is 1. The summed E-state index contributed by atoms with van der Waals surface area (Å²) >= 11 is 0. The lowest BCUT2D eigenvalue weighted by molar-refractivity contribution is -0.386. The number of phenols is 1. The van der Waals surface area contributed by atoms with Crippen LogP contribution in [0.15, 0.2) is 41.5 Å². The molecule has 2 aromatic carbocycles. The van der Waals surface area contributed by atoms with Crippen molar-refractivity contribution in [3.8, 4) is 11.5 Å². The third-order valence-electron chi connectivity index (χ3n) is 3.27. The first-order valence-corrected chi connectivity index (χ1v) is 7.45. The van der Waals surface area contributed by atoms with Crippen molar-refractivity contribution in [2.45, 2.75) is 6.92 Å². The molecule has 2 N–H and O–H groups in total. The van der Waals surface area contributed by atoms with Crippen molar-refractivity contribution < 1.29 is 24.5 Å². The van der Waals surface area contributed by atoms with Gasteiger partial charge in [-0.05, 0) is 30.7 Å².